The summed E-state index contributed by atoms with van der Waals surface area (Å²) in [4.78, 5) is 9.72. The Balaban J connectivity index is 2.21. The summed E-state index contributed by atoms with van der Waals surface area (Å²) in [6.07, 6.45) is 2.92. The van der Waals surface area contributed by atoms with E-state index in [1.807, 2.05) is 17.5 Å². The number of thiophene rings is 1. The molecule has 1 radical (unpaired) electrons. The molecule has 4 heteroatoms. The van der Waals surface area contributed by atoms with Crippen molar-refractivity contribution in [3.8, 4) is 16.6 Å². The van der Waals surface area contributed by atoms with E-state index in [2.05, 4.69) is 22.2 Å². The summed E-state index contributed by atoms with van der Waals surface area (Å²) in [6, 6.07) is 11.3. The van der Waals surface area contributed by atoms with Crippen LogP contribution in [-0.2, 0) is 0 Å². The van der Waals surface area contributed by atoms with Crippen molar-refractivity contribution in [1.29, 1.82) is 5.26 Å². The highest BCUT2D eigenvalue weighted by molar-refractivity contribution is 7.13. The van der Waals surface area contributed by atoms with E-state index in [1.54, 1.807) is 29.5 Å². The Labute approximate surface area is 102 Å². The van der Waals surface area contributed by atoms with Gasteiger partial charge < -0.3 is 0 Å². The zero-order valence-corrected chi connectivity index (χ0v) is 9.53. The molecule has 1 aromatic carbocycles. The van der Waals surface area contributed by atoms with Gasteiger partial charge in [-0.1, -0.05) is 6.07 Å². The summed E-state index contributed by atoms with van der Waals surface area (Å²) in [7, 11) is 0. The molecule has 0 N–H and O–H groups in total. The van der Waals surface area contributed by atoms with E-state index in [0.29, 0.717) is 5.56 Å². The zero-order chi connectivity index (χ0) is 11.7. The lowest BCUT2D eigenvalue weighted by atomic mass is 10.2. The molecule has 3 rings (SSSR count). The molecule has 0 saturated heterocycles. The fourth-order valence-electron chi connectivity index (χ4n) is 1.56. The largest absolute Gasteiger partial charge is 0.243 e. The van der Waals surface area contributed by atoms with Gasteiger partial charge in [0.15, 0.2) is 0 Å². The van der Waals surface area contributed by atoms with Crippen LogP contribution in [0.15, 0.2) is 35.7 Å². The lowest BCUT2D eigenvalue weighted by molar-refractivity contribution is 1.29. The van der Waals surface area contributed by atoms with Gasteiger partial charge >= 0.3 is 0 Å². The van der Waals surface area contributed by atoms with Gasteiger partial charge in [0.1, 0.15) is 11.9 Å². The second-order valence-corrected chi connectivity index (χ2v) is 4.42. The SMILES string of the molecule is N#Cc1ccc2n[c]c(-c3cccs3)nc2c1. The van der Waals surface area contributed by atoms with Gasteiger partial charge in [-0.25, -0.2) is 9.97 Å². The van der Waals surface area contributed by atoms with Crippen molar-refractivity contribution in [2.75, 3.05) is 0 Å². The third kappa shape index (κ3) is 1.77. The van der Waals surface area contributed by atoms with E-state index in [9.17, 15) is 0 Å². The maximum absolute atomic E-state index is 8.85. The molecule has 0 aliphatic carbocycles. The number of benzene rings is 1. The Hall–Kier alpha value is -2.25. The van der Waals surface area contributed by atoms with Gasteiger partial charge in [0.25, 0.3) is 0 Å². The number of nitrogens with zero attached hydrogens (tertiary/aromatic N) is 3. The number of nitriles is 1. The number of hydrogen-bond acceptors (Lipinski definition) is 4. The standard InChI is InChI=1S/C13H6N3S/c14-7-9-3-4-10-11(6-9)16-12(8-15-10)13-2-1-5-17-13/h1-6H. The van der Waals surface area contributed by atoms with Crippen molar-refractivity contribution in [3.63, 3.8) is 0 Å². The average molecular weight is 236 g/mol. The summed E-state index contributed by atoms with van der Waals surface area (Å²) >= 11 is 1.60. The minimum absolute atomic E-state index is 0.593. The molecule has 3 aromatic rings. The Morgan fingerprint density at radius 3 is 2.94 bits per heavy atom. The Morgan fingerprint density at radius 2 is 2.18 bits per heavy atom. The van der Waals surface area contributed by atoms with E-state index in [-0.39, 0.29) is 0 Å². The fraction of sp³-hybridized carbons (Fsp3) is 0. The molecular formula is C13H6N3S. The maximum atomic E-state index is 8.85. The molecule has 0 bridgehead atoms. The first-order valence-electron chi connectivity index (χ1n) is 5.00. The highest BCUT2D eigenvalue weighted by atomic mass is 32.1. The second kappa shape index (κ2) is 3.96. The van der Waals surface area contributed by atoms with Crippen molar-refractivity contribution in [1.82, 2.24) is 9.97 Å². The van der Waals surface area contributed by atoms with E-state index >= 15 is 0 Å². The Bertz CT molecular complexity index is 711. The fourth-order valence-corrected chi connectivity index (χ4v) is 2.22. The van der Waals surface area contributed by atoms with Gasteiger partial charge in [0.2, 0.25) is 0 Å². The topological polar surface area (TPSA) is 49.6 Å². The van der Waals surface area contributed by atoms with Crippen LogP contribution in [0.4, 0.5) is 0 Å². The normalized spacial score (nSPS) is 10.3. The molecule has 3 nitrogen and oxygen atoms in total. The minimum atomic E-state index is 0.593. The predicted octanol–water partition coefficient (Wildman–Crippen LogP) is 3.03. The minimum Gasteiger partial charge on any atom is -0.243 e. The summed E-state index contributed by atoms with van der Waals surface area (Å²) in [6.45, 7) is 0. The molecule has 0 amide bonds. The smallest absolute Gasteiger partial charge is 0.119 e. The molecule has 0 unspecified atom stereocenters. The molecule has 0 atom stereocenters. The average Bonchev–Trinajstić information content (AvgIpc) is 2.91. The monoisotopic (exact) mass is 236 g/mol. The van der Waals surface area contributed by atoms with Crippen molar-refractivity contribution < 1.29 is 0 Å². The van der Waals surface area contributed by atoms with Crippen LogP contribution in [0.3, 0.4) is 0 Å². The molecule has 0 fully saturated rings. The van der Waals surface area contributed by atoms with Gasteiger partial charge in [-0.15, -0.1) is 11.3 Å². The third-order valence-corrected chi connectivity index (χ3v) is 3.25. The van der Waals surface area contributed by atoms with Crippen LogP contribution in [0.5, 0.6) is 0 Å². The highest BCUT2D eigenvalue weighted by Crippen LogP contribution is 2.23. The van der Waals surface area contributed by atoms with Gasteiger partial charge in [-0.3, -0.25) is 0 Å². The molecule has 17 heavy (non-hydrogen) atoms. The van der Waals surface area contributed by atoms with Gasteiger partial charge in [-0.05, 0) is 29.6 Å². The van der Waals surface area contributed by atoms with Crippen LogP contribution in [0.2, 0.25) is 0 Å². The Morgan fingerprint density at radius 1 is 1.24 bits per heavy atom. The first kappa shape index (κ1) is 9.94. The molecule has 0 saturated carbocycles. The molecular weight excluding hydrogens is 230 g/mol. The van der Waals surface area contributed by atoms with Crippen molar-refractivity contribution in [3.05, 3.63) is 47.5 Å². The number of aromatic nitrogens is 2. The van der Waals surface area contributed by atoms with Crippen LogP contribution in [0.1, 0.15) is 5.56 Å². The number of rotatable bonds is 1. The second-order valence-electron chi connectivity index (χ2n) is 3.48. The Kier molecular flexibility index (Phi) is 2.32. The van der Waals surface area contributed by atoms with Crippen LogP contribution in [-0.4, -0.2) is 9.97 Å². The van der Waals surface area contributed by atoms with Crippen LogP contribution in [0.25, 0.3) is 21.6 Å². The number of fused-ring (bicyclic) bond motifs is 1. The first-order valence-corrected chi connectivity index (χ1v) is 5.88. The quantitative estimate of drug-likeness (QED) is 0.652. The van der Waals surface area contributed by atoms with Crippen molar-refractivity contribution in [2.24, 2.45) is 0 Å². The number of hydrogen-bond donors (Lipinski definition) is 0. The molecule has 0 aliphatic rings. The van der Waals surface area contributed by atoms with E-state index in [1.165, 1.54) is 0 Å². The van der Waals surface area contributed by atoms with E-state index in [4.69, 9.17) is 5.26 Å². The third-order valence-electron chi connectivity index (χ3n) is 2.37. The van der Waals surface area contributed by atoms with E-state index in [0.717, 1.165) is 21.6 Å². The molecule has 2 heterocycles. The van der Waals surface area contributed by atoms with E-state index < -0.39 is 0 Å². The van der Waals surface area contributed by atoms with Crippen LogP contribution in [0, 0.1) is 17.5 Å². The zero-order valence-electron chi connectivity index (χ0n) is 8.71. The molecule has 0 aliphatic heterocycles. The van der Waals surface area contributed by atoms with Gasteiger partial charge in [0.05, 0.1) is 27.5 Å². The summed E-state index contributed by atoms with van der Waals surface area (Å²) in [5.74, 6) is 0. The summed E-state index contributed by atoms with van der Waals surface area (Å²) in [5, 5.41) is 10.8. The van der Waals surface area contributed by atoms with Crippen molar-refractivity contribution in [2.45, 2.75) is 0 Å². The molecule has 2 aromatic heterocycles. The molecule has 0 spiro atoms. The maximum Gasteiger partial charge on any atom is 0.119 e. The van der Waals surface area contributed by atoms with Gasteiger partial charge in [-0.2, -0.15) is 5.26 Å². The van der Waals surface area contributed by atoms with Crippen molar-refractivity contribution >= 4 is 22.4 Å². The molecule has 79 valence electrons. The van der Waals surface area contributed by atoms with Gasteiger partial charge in [0, 0.05) is 0 Å². The predicted molar refractivity (Wildman–Crippen MR) is 66.4 cm³/mol. The lowest BCUT2D eigenvalue weighted by Gasteiger charge is -1.99. The summed E-state index contributed by atoms with van der Waals surface area (Å²) < 4.78 is 0. The highest BCUT2D eigenvalue weighted by Gasteiger charge is 2.04. The van der Waals surface area contributed by atoms with Crippen LogP contribution >= 0.6 is 11.3 Å². The summed E-state index contributed by atoms with van der Waals surface area (Å²) in [5.41, 5.74) is 2.80. The lowest BCUT2D eigenvalue weighted by Crippen LogP contribution is -1.88. The van der Waals surface area contributed by atoms with Crippen LogP contribution < -0.4 is 0 Å². The first-order chi connectivity index (χ1) is 8.36.